The second-order valence-corrected chi connectivity index (χ2v) is 17.0. The molecular weight excluding hydrogens is 774 g/mol. The van der Waals surface area contributed by atoms with Gasteiger partial charge in [-0.05, 0) is 83.5 Å². The predicted octanol–water partition coefficient (Wildman–Crippen LogP) is 14.2. The highest BCUT2D eigenvalue weighted by Crippen LogP contribution is 2.43. The van der Waals surface area contributed by atoms with Crippen LogP contribution in [0.3, 0.4) is 0 Å². The summed E-state index contributed by atoms with van der Waals surface area (Å²) in [6.45, 7) is 3.59. The summed E-state index contributed by atoms with van der Waals surface area (Å²) in [7, 11) is -4.39. The Kier molecular flexibility index (Phi) is 44.0. The fourth-order valence-electron chi connectivity index (χ4n) is 6.30. The van der Waals surface area contributed by atoms with Gasteiger partial charge in [-0.3, -0.25) is 18.6 Å². The molecule has 0 heterocycles. The van der Waals surface area contributed by atoms with Gasteiger partial charge in [0, 0.05) is 19.4 Å². The van der Waals surface area contributed by atoms with E-state index in [2.05, 4.69) is 86.8 Å². The molecule has 0 amide bonds. The SMILES string of the molecule is CC/C=C\C/C=C\C/C=C\C/C=C\C/C=C\CCCCCCCC(=O)OC(COC(=O)CCCCCCCCC/C=C\CCCCCCCCC)COP(=O)(O)OCCN. The number of allylic oxidation sites excluding steroid dienone is 12. The minimum atomic E-state index is -4.39. The molecule has 3 N–H and O–H groups in total. The van der Waals surface area contributed by atoms with E-state index in [0.29, 0.717) is 6.42 Å². The summed E-state index contributed by atoms with van der Waals surface area (Å²) in [5, 5.41) is 0. The van der Waals surface area contributed by atoms with Crippen LogP contribution in [0.5, 0.6) is 0 Å². The van der Waals surface area contributed by atoms with E-state index in [1.165, 1.54) is 70.6 Å². The lowest BCUT2D eigenvalue weighted by Gasteiger charge is -2.19. The molecule has 0 saturated heterocycles. The zero-order valence-electron chi connectivity index (χ0n) is 38.2. The van der Waals surface area contributed by atoms with E-state index in [-0.39, 0.29) is 32.6 Å². The van der Waals surface area contributed by atoms with Crippen LogP contribution >= 0.6 is 7.82 Å². The first kappa shape index (κ1) is 57.4. The maximum atomic E-state index is 12.6. The summed E-state index contributed by atoms with van der Waals surface area (Å²) in [6.07, 6.45) is 56.4. The summed E-state index contributed by atoms with van der Waals surface area (Å²) in [6, 6.07) is 0. The molecule has 0 aromatic rings. The van der Waals surface area contributed by atoms with Crippen molar-refractivity contribution >= 4 is 19.8 Å². The third kappa shape index (κ3) is 45.0. The number of hydrogen-bond acceptors (Lipinski definition) is 8. The van der Waals surface area contributed by atoms with Crippen molar-refractivity contribution in [3.05, 3.63) is 72.9 Å². The topological polar surface area (TPSA) is 134 Å². The molecule has 0 spiro atoms. The molecule has 9 nitrogen and oxygen atoms in total. The predicted molar refractivity (Wildman–Crippen MR) is 252 cm³/mol. The van der Waals surface area contributed by atoms with Crippen LogP contribution in [0.15, 0.2) is 72.9 Å². The molecule has 10 heteroatoms. The molecule has 2 atom stereocenters. The molecule has 2 unspecified atom stereocenters. The van der Waals surface area contributed by atoms with E-state index in [1.807, 2.05) is 0 Å². The highest BCUT2D eigenvalue weighted by molar-refractivity contribution is 7.47. The van der Waals surface area contributed by atoms with Crippen molar-refractivity contribution in [1.29, 1.82) is 0 Å². The number of phosphoric ester groups is 1. The second kappa shape index (κ2) is 46.0. The van der Waals surface area contributed by atoms with Crippen molar-refractivity contribution in [2.45, 2.75) is 206 Å². The molecule has 0 rings (SSSR count). The van der Waals surface area contributed by atoms with Crippen molar-refractivity contribution in [1.82, 2.24) is 0 Å². The Morgan fingerprint density at radius 1 is 0.517 bits per heavy atom. The van der Waals surface area contributed by atoms with Gasteiger partial charge in [0.15, 0.2) is 6.10 Å². The summed E-state index contributed by atoms with van der Waals surface area (Å²) >= 11 is 0. The first-order valence-electron chi connectivity index (χ1n) is 23.9. The fraction of sp³-hybridized carbons (Fsp3) is 0.720. The zero-order valence-corrected chi connectivity index (χ0v) is 39.1. The van der Waals surface area contributed by atoms with Gasteiger partial charge in [0.1, 0.15) is 6.61 Å². The Morgan fingerprint density at radius 2 is 0.917 bits per heavy atom. The number of unbranched alkanes of at least 4 members (excludes halogenated alkanes) is 19. The van der Waals surface area contributed by atoms with Gasteiger partial charge in [0.2, 0.25) is 0 Å². The normalized spacial score (nSPS) is 13.9. The highest BCUT2D eigenvalue weighted by Gasteiger charge is 2.26. The molecule has 0 aliphatic carbocycles. The van der Waals surface area contributed by atoms with Crippen molar-refractivity contribution in [3.63, 3.8) is 0 Å². The van der Waals surface area contributed by atoms with Crippen LogP contribution in [0.25, 0.3) is 0 Å². The number of carbonyl (C=O) groups excluding carboxylic acids is 2. The van der Waals surface area contributed by atoms with Crippen LogP contribution in [0.4, 0.5) is 0 Å². The molecule has 0 aromatic heterocycles. The molecule has 346 valence electrons. The van der Waals surface area contributed by atoms with Crippen molar-refractivity contribution in [2.24, 2.45) is 5.73 Å². The molecule has 0 aliphatic heterocycles. The molecule has 0 fully saturated rings. The monoisotopic (exact) mass is 862 g/mol. The van der Waals surface area contributed by atoms with Crippen molar-refractivity contribution in [2.75, 3.05) is 26.4 Å². The van der Waals surface area contributed by atoms with Gasteiger partial charge in [-0.25, -0.2) is 4.57 Å². The molecule has 0 bridgehead atoms. The Labute approximate surface area is 367 Å². The number of carbonyl (C=O) groups is 2. The van der Waals surface area contributed by atoms with E-state index in [0.717, 1.165) is 96.3 Å². The highest BCUT2D eigenvalue weighted by atomic mass is 31.2. The standard InChI is InChI=1S/C50H88NO8P/c1-3-5-7-9-11-13-15-17-19-21-23-24-25-27-29-31-33-35-37-39-41-43-50(53)59-48(47-58-60(54,55)57-45-44-51)46-56-49(52)42-40-38-36-34-32-30-28-26-22-20-18-16-14-12-10-8-6-4-2/h5,7,11,13,17,19-20,22-24,27,29,48H,3-4,6,8-10,12,14-16,18,21,25-26,28,30-47,51H2,1-2H3,(H,54,55)/b7-5-,13-11-,19-17-,22-20-,24-23-,29-27-. The maximum absolute atomic E-state index is 12.6. The third-order valence-electron chi connectivity index (χ3n) is 9.83. The number of ether oxygens (including phenoxy) is 2. The van der Waals surface area contributed by atoms with Crippen LogP contribution < -0.4 is 5.73 Å². The first-order chi connectivity index (χ1) is 29.3. The van der Waals surface area contributed by atoms with Crippen LogP contribution in [-0.4, -0.2) is 49.3 Å². The van der Waals surface area contributed by atoms with Gasteiger partial charge in [-0.1, -0.05) is 177 Å². The van der Waals surface area contributed by atoms with Crippen LogP contribution in [0.1, 0.15) is 200 Å². The minimum Gasteiger partial charge on any atom is -0.462 e. The zero-order chi connectivity index (χ0) is 43.9. The summed E-state index contributed by atoms with van der Waals surface area (Å²) in [5.41, 5.74) is 5.36. The van der Waals surface area contributed by atoms with Gasteiger partial charge in [-0.2, -0.15) is 0 Å². The number of nitrogens with two attached hydrogens (primary N) is 1. The van der Waals surface area contributed by atoms with E-state index in [4.69, 9.17) is 24.3 Å². The van der Waals surface area contributed by atoms with Gasteiger partial charge < -0.3 is 20.1 Å². The Balaban J connectivity index is 4.16. The number of hydrogen-bond donors (Lipinski definition) is 2. The lowest BCUT2D eigenvalue weighted by molar-refractivity contribution is -0.161. The minimum absolute atomic E-state index is 0.0460. The lowest BCUT2D eigenvalue weighted by Crippen LogP contribution is -2.29. The number of rotatable bonds is 44. The fourth-order valence-corrected chi connectivity index (χ4v) is 7.07. The first-order valence-corrected chi connectivity index (χ1v) is 25.4. The van der Waals surface area contributed by atoms with E-state index in [1.54, 1.807) is 0 Å². The largest absolute Gasteiger partial charge is 0.472 e. The molecule has 0 saturated carbocycles. The van der Waals surface area contributed by atoms with E-state index in [9.17, 15) is 19.0 Å². The third-order valence-corrected chi connectivity index (χ3v) is 10.8. The van der Waals surface area contributed by atoms with Gasteiger partial charge >= 0.3 is 19.8 Å². The number of esters is 2. The van der Waals surface area contributed by atoms with E-state index >= 15 is 0 Å². The van der Waals surface area contributed by atoms with Gasteiger partial charge in [0.05, 0.1) is 13.2 Å². The quantitative estimate of drug-likeness (QED) is 0.0266. The summed E-state index contributed by atoms with van der Waals surface area (Å²) < 4.78 is 32.9. The number of phosphoric acid groups is 1. The molecule has 0 aromatic carbocycles. The van der Waals surface area contributed by atoms with Gasteiger partial charge in [0.25, 0.3) is 0 Å². The average molecular weight is 862 g/mol. The van der Waals surface area contributed by atoms with Crippen molar-refractivity contribution < 1.29 is 37.6 Å². The Bertz CT molecular complexity index is 1210. The maximum Gasteiger partial charge on any atom is 0.472 e. The molecule has 0 radical (unpaired) electrons. The molecule has 60 heavy (non-hydrogen) atoms. The van der Waals surface area contributed by atoms with Crippen LogP contribution in [-0.2, 0) is 32.7 Å². The van der Waals surface area contributed by atoms with Gasteiger partial charge in [-0.15, -0.1) is 0 Å². The average Bonchev–Trinajstić information content (AvgIpc) is 3.24. The molecule has 0 aliphatic rings. The van der Waals surface area contributed by atoms with Crippen molar-refractivity contribution in [3.8, 4) is 0 Å². The lowest BCUT2D eigenvalue weighted by atomic mass is 10.1. The van der Waals surface area contributed by atoms with E-state index < -0.39 is 32.5 Å². The van der Waals surface area contributed by atoms with Crippen LogP contribution in [0, 0.1) is 0 Å². The Morgan fingerprint density at radius 3 is 1.38 bits per heavy atom. The smallest absolute Gasteiger partial charge is 0.462 e. The Hall–Kier alpha value is -2.55. The second-order valence-electron chi connectivity index (χ2n) is 15.6. The van der Waals surface area contributed by atoms with Crippen LogP contribution in [0.2, 0.25) is 0 Å². The summed E-state index contributed by atoms with van der Waals surface area (Å²) in [4.78, 5) is 35.0. The summed E-state index contributed by atoms with van der Waals surface area (Å²) in [5.74, 6) is -0.857. The molecular formula is C50H88NO8P.